The minimum absolute atomic E-state index is 0.0149. The Morgan fingerprint density at radius 3 is 2.60 bits per heavy atom. The van der Waals surface area contributed by atoms with Crippen molar-refractivity contribution in [2.75, 3.05) is 11.9 Å². The van der Waals surface area contributed by atoms with Gasteiger partial charge in [0.2, 0.25) is 11.0 Å². The Morgan fingerprint density at radius 2 is 1.92 bits per heavy atom. The highest BCUT2D eigenvalue weighted by Gasteiger charge is 2.35. The molecule has 130 valence electrons. The Labute approximate surface area is 149 Å². The van der Waals surface area contributed by atoms with E-state index in [-0.39, 0.29) is 36.6 Å². The van der Waals surface area contributed by atoms with Crippen LogP contribution in [0.5, 0.6) is 0 Å². The number of carbonyl (C=O) groups is 3. The first-order valence-electron chi connectivity index (χ1n) is 7.97. The van der Waals surface area contributed by atoms with Gasteiger partial charge in [-0.05, 0) is 19.1 Å². The number of imide groups is 1. The molecule has 2 aromatic rings. The van der Waals surface area contributed by atoms with Crippen LogP contribution in [0.2, 0.25) is 0 Å². The Bertz CT molecular complexity index is 859. The van der Waals surface area contributed by atoms with Crippen molar-refractivity contribution >= 4 is 34.2 Å². The minimum atomic E-state index is -0.356. The van der Waals surface area contributed by atoms with Crippen molar-refractivity contribution in [3.63, 3.8) is 0 Å². The molecule has 3 rings (SSSR count). The molecular formula is C17H18N4O3S. The molecule has 2 heterocycles. The van der Waals surface area contributed by atoms with Gasteiger partial charge in [-0.2, -0.15) is 0 Å². The molecule has 0 spiro atoms. The van der Waals surface area contributed by atoms with E-state index in [1.165, 1.54) is 11.3 Å². The zero-order valence-electron chi connectivity index (χ0n) is 14.2. The maximum Gasteiger partial charge on any atom is 0.261 e. The third-order valence-corrected chi connectivity index (χ3v) is 5.01. The molecule has 8 heteroatoms. The second kappa shape index (κ2) is 6.72. The lowest BCUT2D eigenvalue weighted by Gasteiger charge is -2.12. The van der Waals surface area contributed by atoms with Crippen molar-refractivity contribution in [2.24, 2.45) is 0 Å². The number of amides is 3. The standard InChI is InChI=1S/C17H18N4O3S/c1-9(2)14-19-20-17(25-14)18-13(22)6-7-21-15(23)11-5-4-10(3)8-12(11)16(21)24/h4-5,8-9H,6-7H2,1-3H3,(H,18,20,22). The van der Waals surface area contributed by atoms with Gasteiger partial charge >= 0.3 is 0 Å². The molecule has 0 saturated heterocycles. The first kappa shape index (κ1) is 17.2. The fourth-order valence-corrected chi connectivity index (χ4v) is 3.28. The van der Waals surface area contributed by atoms with Gasteiger partial charge in [0.15, 0.2) is 0 Å². The average Bonchev–Trinajstić information content (AvgIpc) is 3.11. The number of carbonyl (C=O) groups excluding carboxylic acids is 3. The summed E-state index contributed by atoms with van der Waals surface area (Å²) in [6.07, 6.45) is 0.0149. The van der Waals surface area contributed by atoms with E-state index in [1.807, 2.05) is 20.8 Å². The summed E-state index contributed by atoms with van der Waals surface area (Å²) in [6.45, 7) is 5.89. The molecule has 0 fully saturated rings. The molecule has 25 heavy (non-hydrogen) atoms. The monoisotopic (exact) mass is 358 g/mol. The third-order valence-electron chi connectivity index (χ3n) is 3.87. The predicted molar refractivity (Wildman–Crippen MR) is 93.8 cm³/mol. The Balaban J connectivity index is 1.61. The highest BCUT2D eigenvalue weighted by atomic mass is 32.1. The van der Waals surface area contributed by atoms with E-state index < -0.39 is 0 Å². The molecule has 0 aliphatic carbocycles. The molecule has 0 atom stereocenters. The second-order valence-electron chi connectivity index (χ2n) is 6.21. The van der Waals surface area contributed by atoms with Crippen molar-refractivity contribution in [3.8, 4) is 0 Å². The highest BCUT2D eigenvalue weighted by molar-refractivity contribution is 7.15. The summed E-state index contributed by atoms with van der Waals surface area (Å²) in [5.41, 5.74) is 1.70. The molecule has 1 aliphatic rings. The van der Waals surface area contributed by atoms with Gasteiger partial charge in [-0.3, -0.25) is 19.3 Å². The first-order valence-corrected chi connectivity index (χ1v) is 8.78. The Kier molecular flexibility index (Phi) is 4.63. The number of rotatable bonds is 5. The number of fused-ring (bicyclic) bond motifs is 1. The quantitative estimate of drug-likeness (QED) is 0.830. The Hall–Kier alpha value is -2.61. The maximum absolute atomic E-state index is 12.4. The lowest BCUT2D eigenvalue weighted by Crippen LogP contribution is -2.32. The van der Waals surface area contributed by atoms with Crippen LogP contribution in [-0.4, -0.2) is 39.4 Å². The van der Waals surface area contributed by atoms with E-state index in [2.05, 4.69) is 15.5 Å². The van der Waals surface area contributed by atoms with Gasteiger partial charge in [0.05, 0.1) is 11.1 Å². The fraction of sp³-hybridized carbons (Fsp3) is 0.353. The van der Waals surface area contributed by atoms with Gasteiger partial charge in [-0.1, -0.05) is 36.8 Å². The smallest absolute Gasteiger partial charge is 0.261 e. The third kappa shape index (κ3) is 3.43. The predicted octanol–water partition coefficient (Wildman–Crippen LogP) is 2.59. The van der Waals surface area contributed by atoms with Crippen LogP contribution in [0.3, 0.4) is 0 Å². The number of aromatic nitrogens is 2. The number of aryl methyl sites for hydroxylation is 1. The van der Waals surface area contributed by atoms with Gasteiger partial charge in [0, 0.05) is 18.9 Å². The SMILES string of the molecule is Cc1ccc2c(c1)C(=O)N(CCC(=O)Nc1nnc(C(C)C)s1)C2=O. The number of hydrogen-bond acceptors (Lipinski definition) is 6. The van der Waals surface area contributed by atoms with Crippen LogP contribution >= 0.6 is 11.3 Å². The van der Waals surface area contributed by atoms with E-state index in [9.17, 15) is 14.4 Å². The van der Waals surface area contributed by atoms with Crippen molar-refractivity contribution in [1.82, 2.24) is 15.1 Å². The number of benzene rings is 1. The molecule has 0 saturated carbocycles. The summed E-state index contributed by atoms with van der Waals surface area (Å²) in [6, 6.07) is 5.14. The summed E-state index contributed by atoms with van der Waals surface area (Å²) in [5.74, 6) is -0.774. The lowest BCUT2D eigenvalue weighted by atomic mass is 10.1. The molecule has 0 unspecified atom stereocenters. The maximum atomic E-state index is 12.4. The molecule has 1 N–H and O–H groups in total. The van der Waals surface area contributed by atoms with Crippen molar-refractivity contribution < 1.29 is 14.4 Å². The van der Waals surface area contributed by atoms with Crippen LogP contribution in [-0.2, 0) is 4.79 Å². The summed E-state index contributed by atoms with van der Waals surface area (Å²) in [4.78, 5) is 37.9. The molecule has 7 nitrogen and oxygen atoms in total. The largest absolute Gasteiger partial charge is 0.300 e. The molecule has 1 aromatic carbocycles. The zero-order chi connectivity index (χ0) is 18.1. The number of nitrogens with zero attached hydrogens (tertiary/aromatic N) is 3. The number of hydrogen-bond donors (Lipinski definition) is 1. The highest BCUT2D eigenvalue weighted by Crippen LogP contribution is 2.25. The van der Waals surface area contributed by atoms with Crippen LogP contribution < -0.4 is 5.32 Å². The van der Waals surface area contributed by atoms with Crippen LogP contribution in [0.15, 0.2) is 18.2 Å². The molecule has 3 amide bonds. The van der Waals surface area contributed by atoms with Crippen LogP contribution in [0, 0.1) is 6.92 Å². The van der Waals surface area contributed by atoms with Gasteiger partial charge < -0.3 is 5.32 Å². The van der Waals surface area contributed by atoms with Gasteiger partial charge in [0.1, 0.15) is 5.01 Å². The van der Waals surface area contributed by atoms with E-state index in [0.29, 0.717) is 16.3 Å². The molecule has 0 radical (unpaired) electrons. The van der Waals surface area contributed by atoms with Gasteiger partial charge in [0.25, 0.3) is 11.8 Å². The van der Waals surface area contributed by atoms with E-state index >= 15 is 0 Å². The normalized spacial score (nSPS) is 13.5. The second-order valence-corrected chi connectivity index (χ2v) is 7.22. The molecular weight excluding hydrogens is 340 g/mol. The van der Waals surface area contributed by atoms with E-state index in [0.717, 1.165) is 15.5 Å². The van der Waals surface area contributed by atoms with Crippen molar-refractivity contribution in [1.29, 1.82) is 0 Å². The summed E-state index contributed by atoms with van der Waals surface area (Å²) in [7, 11) is 0. The van der Waals surface area contributed by atoms with Crippen molar-refractivity contribution in [2.45, 2.75) is 33.1 Å². The van der Waals surface area contributed by atoms with Crippen molar-refractivity contribution in [3.05, 3.63) is 39.9 Å². The van der Waals surface area contributed by atoms with E-state index in [4.69, 9.17) is 0 Å². The average molecular weight is 358 g/mol. The fourth-order valence-electron chi connectivity index (χ4n) is 2.52. The Morgan fingerprint density at radius 1 is 1.20 bits per heavy atom. The topological polar surface area (TPSA) is 92.3 Å². The summed E-state index contributed by atoms with van der Waals surface area (Å²) in [5, 5.41) is 11.8. The number of nitrogens with one attached hydrogen (secondary N) is 1. The molecule has 0 bridgehead atoms. The number of anilines is 1. The minimum Gasteiger partial charge on any atom is -0.300 e. The lowest BCUT2D eigenvalue weighted by molar-refractivity contribution is -0.116. The van der Waals surface area contributed by atoms with Crippen LogP contribution in [0.25, 0.3) is 0 Å². The molecule has 1 aliphatic heterocycles. The molecule has 1 aromatic heterocycles. The zero-order valence-corrected chi connectivity index (χ0v) is 15.0. The van der Waals surface area contributed by atoms with Crippen LogP contribution in [0.4, 0.5) is 5.13 Å². The van der Waals surface area contributed by atoms with Gasteiger partial charge in [-0.25, -0.2) is 0 Å². The van der Waals surface area contributed by atoms with E-state index in [1.54, 1.807) is 18.2 Å². The first-order chi connectivity index (χ1) is 11.9. The van der Waals surface area contributed by atoms with Gasteiger partial charge in [-0.15, -0.1) is 10.2 Å². The summed E-state index contributed by atoms with van der Waals surface area (Å²) < 4.78 is 0. The van der Waals surface area contributed by atoms with Crippen LogP contribution in [0.1, 0.15) is 57.5 Å². The summed E-state index contributed by atoms with van der Waals surface area (Å²) >= 11 is 1.32.